The fraction of sp³-hybridized carbons (Fsp3) is 0.417. The van der Waals surface area contributed by atoms with Crippen LogP contribution in [-0.4, -0.2) is 14.3 Å². The Balaban J connectivity index is 2.66. The van der Waals surface area contributed by atoms with Crippen molar-refractivity contribution in [3.8, 4) is 0 Å². The van der Waals surface area contributed by atoms with Gasteiger partial charge in [0.15, 0.2) is 0 Å². The number of unbranched alkanes of at least 4 members (excludes halogenated alkanes) is 1. The molecule has 0 atom stereocenters. The van der Waals surface area contributed by atoms with Gasteiger partial charge in [-0.2, -0.15) is 0 Å². The van der Waals surface area contributed by atoms with Crippen LogP contribution in [0.4, 0.5) is 0 Å². The highest BCUT2D eigenvalue weighted by Gasteiger charge is 2.16. The molecule has 0 aliphatic heterocycles. The molecule has 0 spiro atoms. The first-order valence-corrected chi connectivity index (χ1v) is 7.74. The van der Waals surface area contributed by atoms with Crippen molar-refractivity contribution in [2.24, 2.45) is 0 Å². The smallest absolute Gasteiger partial charge is 0.239 e. The molecule has 1 aromatic carbocycles. The maximum atomic E-state index is 11.7. The number of nitrogens with one attached hydrogen (secondary N) is 1. The summed E-state index contributed by atoms with van der Waals surface area (Å²) in [4.78, 5) is 11.4. The minimum absolute atomic E-state index is 0.220. The summed E-state index contributed by atoms with van der Waals surface area (Å²) in [5.74, 6) is -0.756. The van der Waals surface area contributed by atoms with E-state index in [1.54, 1.807) is 24.3 Å². The zero-order valence-electron chi connectivity index (χ0n) is 10.1. The molecule has 0 aliphatic carbocycles. The van der Waals surface area contributed by atoms with E-state index in [1.807, 2.05) is 11.6 Å². The van der Waals surface area contributed by atoms with Crippen LogP contribution in [-0.2, 0) is 20.6 Å². The molecule has 1 aromatic rings. The summed E-state index contributed by atoms with van der Waals surface area (Å²) in [6, 6.07) is 6.66. The largest absolute Gasteiger partial charge is 0.274 e. The van der Waals surface area contributed by atoms with E-state index >= 15 is 0 Å². The van der Waals surface area contributed by atoms with Crippen LogP contribution in [0.5, 0.6) is 0 Å². The van der Waals surface area contributed by atoms with Crippen LogP contribution in [0.15, 0.2) is 24.3 Å². The van der Waals surface area contributed by atoms with Gasteiger partial charge in [-0.1, -0.05) is 43.1 Å². The normalized spacial score (nSPS) is 11.2. The molecule has 0 fully saturated rings. The number of halogens is 1. The van der Waals surface area contributed by atoms with E-state index in [1.165, 1.54) is 0 Å². The van der Waals surface area contributed by atoms with E-state index in [0.717, 1.165) is 6.42 Å². The van der Waals surface area contributed by atoms with Crippen LogP contribution >= 0.6 is 11.6 Å². The van der Waals surface area contributed by atoms with Crippen molar-refractivity contribution in [3.63, 3.8) is 0 Å². The molecule has 0 heterocycles. The number of carbonyl (C=O) groups is 1. The van der Waals surface area contributed by atoms with Gasteiger partial charge in [-0.25, -0.2) is 8.42 Å². The van der Waals surface area contributed by atoms with Crippen LogP contribution in [0.25, 0.3) is 0 Å². The minimum atomic E-state index is -3.67. The number of hydrogen-bond donors (Lipinski definition) is 1. The number of hydrogen-bond acceptors (Lipinski definition) is 3. The summed E-state index contributed by atoms with van der Waals surface area (Å²) < 4.78 is 25.5. The Hall–Kier alpha value is -1.07. The first-order chi connectivity index (χ1) is 8.44. The fourth-order valence-electron chi connectivity index (χ4n) is 1.42. The van der Waals surface area contributed by atoms with Crippen LogP contribution in [0, 0.1) is 0 Å². The van der Waals surface area contributed by atoms with E-state index in [9.17, 15) is 13.2 Å². The zero-order valence-corrected chi connectivity index (χ0v) is 11.7. The topological polar surface area (TPSA) is 63.2 Å². The molecule has 100 valence electrons. The lowest BCUT2D eigenvalue weighted by atomic mass is 10.2. The molecule has 1 rings (SSSR count). The third kappa shape index (κ3) is 5.06. The second-order valence-corrected chi connectivity index (χ2v) is 6.11. The molecule has 0 aromatic heterocycles. The fourth-order valence-corrected chi connectivity index (χ4v) is 2.88. The maximum absolute atomic E-state index is 11.7. The summed E-state index contributed by atoms with van der Waals surface area (Å²) in [5, 5.41) is 0.379. The first-order valence-electron chi connectivity index (χ1n) is 5.71. The van der Waals surface area contributed by atoms with Crippen molar-refractivity contribution in [2.45, 2.75) is 31.9 Å². The molecule has 0 unspecified atom stereocenters. The quantitative estimate of drug-likeness (QED) is 0.875. The van der Waals surface area contributed by atoms with E-state index in [2.05, 4.69) is 0 Å². The average molecular weight is 290 g/mol. The van der Waals surface area contributed by atoms with Gasteiger partial charge in [-0.15, -0.1) is 0 Å². The Labute approximate surface area is 112 Å². The minimum Gasteiger partial charge on any atom is -0.274 e. The SMILES string of the molecule is CCCCC(=O)NS(=O)(=O)Cc1ccccc1Cl. The third-order valence-electron chi connectivity index (χ3n) is 2.33. The second-order valence-electron chi connectivity index (χ2n) is 3.98. The molecule has 0 saturated carbocycles. The summed E-state index contributed by atoms with van der Waals surface area (Å²) in [6.45, 7) is 1.94. The van der Waals surface area contributed by atoms with Crippen LogP contribution in [0.2, 0.25) is 5.02 Å². The number of amides is 1. The molecule has 0 aliphatic rings. The zero-order chi connectivity index (χ0) is 13.6. The van der Waals surface area contributed by atoms with Crippen LogP contribution in [0.1, 0.15) is 31.7 Å². The van der Waals surface area contributed by atoms with Crippen LogP contribution in [0.3, 0.4) is 0 Å². The lowest BCUT2D eigenvalue weighted by Gasteiger charge is -2.07. The third-order valence-corrected chi connectivity index (χ3v) is 3.93. The highest BCUT2D eigenvalue weighted by atomic mass is 35.5. The van der Waals surface area contributed by atoms with E-state index in [0.29, 0.717) is 17.0 Å². The van der Waals surface area contributed by atoms with Crippen molar-refractivity contribution < 1.29 is 13.2 Å². The van der Waals surface area contributed by atoms with Gasteiger partial charge in [0, 0.05) is 11.4 Å². The monoisotopic (exact) mass is 289 g/mol. The Morgan fingerprint density at radius 3 is 2.61 bits per heavy atom. The summed E-state index contributed by atoms with van der Waals surface area (Å²) in [7, 11) is -3.67. The van der Waals surface area contributed by atoms with Crippen molar-refractivity contribution in [1.82, 2.24) is 4.72 Å². The van der Waals surface area contributed by atoms with E-state index < -0.39 is 15.9 Å². The molecule has 6 heteroatoms. The van der Waals surface area contributed by atoms with E-state index in [4.69, 9.17) is 11.6 Å². The standard InChI is InChI=1S/C12H16ClNO3S/c1-2-3-8-12(15)14-18(16,17)9-10-6-4-5-7-11(10)13/h4-7H,2-3,8-9H2,1H3,(H,14,15). The highest BCUT2D eigenvalue weighted by molar-refractivity contribution is 7.89. The van der Waals surface area contributed by atoms with E-state index in [-0.39, 0.29) is 12.2 Å². The average Bonchev–Trinajstić information content (AvgIpc) is 2.28. The Kier molecular flexibility index (Phi) is 5.62. The lowest BCUT2D eigenvalue weighted by molar-refractivity contribution is -0.119. The summed E-state index contributed by atoms with van der Waals surface area (Å²) >= 11 is 5.87. The highest BCUT2D eigenvalue weighted by Crippen LogP contribution is 2.17. The Morgan fingerprint density at radius 1 is 1.33 bits per heavy atom. The predicted octanol–water partition coefficient (Wildman–Crippen LogP) is 2.48. The van der Waals surface area contributed by atoms with Gasteiger partial charge in [-0.3, -0.25) is 9.52 Å². The van der Waals surface area contributed by atoms with Crippen molar-refractivity contribution in [3.05, 3.63) is 34.9 Å². The van der Waals surface area contributed by atoms with Crippen molar-refractivity contribution in [2.75, 3.05) is 0 Å². The molecule has 4 nitrogen and oxygen atoms in total. The lowest BCUT2D eigenvalue weighted by Crippen LogP contribution is -2.31. The molecule has 0 bridgehead atoms. The number of sulfonamides is 1. The summed E-state index contributed by atoms with van der Waals surface area (Å²) in [6.07, 6.45) is 1.74. The second kappa shape index (κ2) is 6.75. The molecule has 18 heavy (non-hydrogen) atoms. The van der Waals surface area contributed by atoms with Crippen molar-refractivity contribution in [1.29, 1.82) is 0 Å². The number of benzene rings is 1. The van der Waals surface area contributed by atoms with Gasteiger partial charge in [0.2, 0.25) is 15.9 Å². The molecule has 0 radical (unpaired) electrons. The molecule has 1 N–H and O–H groups in total. The molecule has 0 saturated heterocycles. The number of rotatable bonds is 6. The van der Waals surface area contributed by atoms with Crippen molar-refractivity contribution >= 4 is 27.5 Å². The molecule has 1 amide bonds. The summed E-state index contributed by atoms with van der Waals surface area (Å²) in [5.41, 5.74) is 0.481. The molecular formula is C12H16ClNO3S. The number of carbonyl (C=O) groups excluding carboxylic acids is 1. The van der Waals surface area contributed by atoms with Gasteiger partial charge in [0.25, 0.3) is 0 Å². The van der Waals surface area contributed by atoms with Gasteiger partial charge in [-0.05, 0) is 18.1 Å². The van der Waals surface area contributed by atoms with Crippen LogP contribution < -0.4 is 4.72 Å². The van der Waals surface area contributed by atoms with Gasteiger partial charge in [0.1, 0.15) is 0 Å². The first kappa shape index (κ1) is 15.0. The maximum Gasteiger partial charge on any atom is 0.239 e. The molecular weight excluding hydrogens is 274 g/mol. The predicted molar refractivity (Wildman–Crippen MR) is 71.7 cm³/mol. The van der Waals surface area contributed by atoms with Gasteiger partial charge in [0.05, 0.1) is 5.75 Å². The Morgan fingerprint density at radius 2 is 2.00 bits per heavy atom. The Bertz CT molecular complexity index is 514. The van der Waals surface area contributed by atoms with Gasteiger partial charge < -0.3 is 0 Å². The van der Waals surface area contributed by atoms with Gasteiger partial charge >= 0.3 is 0 Å².